The van der Waals surface area contributed by atoms with Gasteiger partial charge in [0.1, 0.15) is 0 Å². The van der Waals surface area contributed by atoms with E-state index in [0.717, 1.165) is 0 Å². The van der Waals surface area contributed by atoms with Gasteiger partial charge in [-0.1, -0.05) is 257 Å². The fourth-order valence-corrected chi connectivity index (χ4v) is 18.1. The average molecular weight is 903 g/mol. The van der Waals surface area contributed by atoms with Gasteiger partial charge in [-0.3, -0.25) is 0 Å². The zero-order valence-electron chi connectivity index (χ0n) is 37.2. The molecule has 8 aromatic carbocycles. The number of hydrogen-bond acceptors (Lipinski definition) is 0. The molecule has 0 fully saturated rings. The molecule has 0 heterocycles. The Morgan fingerprint density at radius 3 is 0.831 bits per heavy atom. The maximum Gasteiger partial charge on any atom is 0 e. The van der Waals surface area contributed by atoms with Crippen LogP contribution in [0.15, 0.2) is 158 Å². The molecule has 306 valence electrons. The third-order valence-electron chi connectivity index (χ3n) is 11.1. The summed E-state index contributed by atoms with van der Waals surface area (Å²) in [5.74, 6) is 0. The summed E-state index contributed by atoms with van der Waals surface area (Å²) in [6.07, 6.45) is 0. The van der Waals surface area contributed by atoms with Crippen molar-refractivity contribution in [1.29, 1.82) is 0 Å². The first-order valence-electron chi connectivity index (χ1n) is 21.0. The Kier molecular flexibility index (Phi) is 13.2. The molecule has 0 unspecified atom stereocenters. The van der Waals surface area contributed by atoms with Crippen LogP contribution >= 0.6 is 15.8 Å². The van der Waals surface area contributed by atoms with Crippen molar-refractivity contribution in [3.63, 3.8) is 0 Å². The van der Waals surface area contributed by atoms with Crippen molar-refractivity contribution in [2.45, 2.75) is 104 Å². The van der Waals surface area contributed by atoms with Gasteiger partial charge in [-0.25, -0.2) is 0 Å². The van der Waals surface area contributed by atoms with E-state index in [2.05, 4.69) is 241 Å². The largest absolute Gasteiger partial charge is 0.0636 e. The third-order valence-corrected chi connectivity index (χ3v) is 18.2. The molecule has 59 heavy (non-hydrogen) atoms. The van der Waals surface area contributed by atoms with Gasteiger partial charge in [0, 0.05) is 20.4 Å². The predicted octanol–water partition coefficient (Wildman–Crippen LogP) is 16.7. The second-order valence-corrected chi connectivity index (χ2v) is 27.4. The van der Waals surface area contributed by atoms with Crippen molar-refractivity contribution in [3.05, 3.63) is 158 Å². The molecule has 0 aliphatic carbocycles. The molecule has 0 saturated heterocycles. The van der Waals surface area contributed by atoms with E-state index in [4.69, 9.17) is 0 Å². The first-order valence-corrected chi connectivity index (χ1v) is 23.6. The van der Waals surface area contributed by atoms with E-state index >= 15 is 0 Å². The van der Waals surface area contributed by atoms with Crippen LogP contribution in [0.4, 0.5) is 0 Å². The summed E-state index contributed by atoms with van der Waals surface area (Å²) in [4.78, 5) is 0. The van der Waals surface area contributed by atoms with Gasteiger partial charge in [-0.15, -0.1) is 0 Å². The van der Waals surface area contributed by atoms with Crippen molar-refractivity contribution in [2.75, 3.05) is 0 Å². The zero-order chi connectivity index (χ0) is 41.6. The molecule has 0 radical (unpaired) electrons. The number of hydrogen-bond donors (Lipinski definition) is 0. The summed E-state index contributed by atoms with van der Waals surface area (Å²) in [7, 11) is -0.822. The fraction of sp³-hybridized carbons (Fsp3) is 0.286. The zero-order valence-corrected chi connectivity index (χ0v) is 40.6. The molecule has 0 atom stereocenters. The van der Waals surface area contributed by atoms with Crippen LogP contribution in [0.3, 0.4) is 0 Å². The van der Waals surface area contributed by atoms with Gasteiger partial charge in [0.05, 0.1) is 0 Å². The molecule has 0 spiro atoms. The summed E-state index contributed by atoms with van der Waals surface area (Å²) >= 11 is 0. The molecule has 0 saturated carbocycles. The van der Waals surface area contributed by atoms with E-state index in [9.17, 15) is 0 Å². The molecular weight excluding hydrogens is 841 g/mol. The smallest absolute Gasteiger partial charge is 0 e. The van der Waals surface area contributed by atoms with Crippen molar-refractivity contribution < 1.29 is 20.4 Å². The minimum Gasteiger partial charge on any atom is -0.0636 e. The van der Waals surface area contributed by atoms with Crippen molar-refractivity contribution >= 4 is 69.5 Å². The van der Waals surface area contributed by atoms with E-state index < -0.39 is 15.8 Å². The van der Waals surface area contributed by atoms with Crippen LogP contribution in [0, 0.1) is 0 Å². The molecule has 0 amide bonds. The van der Waals surface area contributed by atoms with Crippen LogP contribution in [0.5, 0.6) is 0 Å². The maximum absolute atomic E-state index is 2.42. The predicted molar refractivity (Wildman–Crippen MR) is 266 cm³/mol. The SMILES string of the molecule is CC(C)(C)P(c1ccc2ccccc2c1-c1cccc2ccccc12)C(C)(C)C.CC(C)(C)P(c1ccc2ccccc2c1-c1cccc2ccccc12)C(C)(C)C.[Pd]. The second kappa shape index (κ2) is 17.4. The van der Waals surface area contributed by atoms with Crippen molar-refractivity contribution in [3.8, 4) is 22.3 Å². The molecule has 8 rings (SSSR count). The first-order chi connectivity index (χ1) is 27.4. The van der Waals surface area contributed by atoms with Crippen molar-refractivity contribution in [2.24, 2.45) is 0 Å². The molecule has 0 aliphatic heterocycles. The Morgan fingerprint density at radius 2 is 0.525 bits per heavy atom. The van der Waals surface area contributed by atoms with Crippen LogP contribution < -0.4 is 10.6 Å². The molecule has 0 bridgehead atoms. The summed E-state index contributed by atoms with van der Waals surface area (Å²) in [6.45, 7) is 28.9. The summed E-state index contributed by atoms with van der Waals surface area (Å²) in [5.41, 5.74) is 5.57. The molecule has 3 heteroatoms. The van der Waals surface area contributed by atoms with Crippen LogP contribution in [0.1, 0.15) is 83.1 Å². The third kappa shape index (κ3) is 9.32. The summed E-state index contributed by atoms with van der Waals surface area (Å²) in [5, 5.41) is 14.6. The minimum absolute atomic E-state index is 0. The van der Waals surface area contributed by atoms with Gasteiger partial charge in [0.2, 0.25) is 0 Å². The number of rotatable bonds is 4. The topological polar surface area (TPSA) is 0 Å². The normalized spacial score (nSPS) is 12.6. The first kappa shape index (κ1) is 44.9. The van der Waals surface area contributed by atoms with Gasteiger partial charge < -0.3 is 0 Å². The van der Waals surface area contributed by atoms with E-state index in [1.165, 1.54) is 76.0 Å². The number of benzene rings is 8. The van der Waals surface area contributed by atoms with Crippen LogP contribution in [0.25, 0.3) is 65.3 Å². The molecule has 0 nitrogen and oxygen atoms in total. The van der Waals surface area contributed by atoms with Gasteiger partial charge in [0.25, 0.3) is 0 Å². The van der Waals surface area contributed by atoms with E-state index in [1.807, 2.05) is 0 Å². The Bertz CT molecular complexity index is 2500. The standard InChI is InChI=1S/2C28H31P.Pd/c2*1-27(2,3)29(28(4,5)6)25-19-18-21-13-8-10-16-23(21)26(25)24-17-11-14-20-12-7-9-15-22(20)24;/h2*7-19H,1-6H3;. The molecule has 0 aromatic heterocycles. The van der Waals surface area contributed by atoms with E-state index in [1.54, 1.807) is 0 Å². The summed E-state index contributed by atoms with van der Waals surface area (Å²) in [6, 6.07) is 58.3. The minimum atomic E-state index is -0.411. The number of fused-ring (bicyclic) bond motifs is 4. The molecule has 0 N–H and O–H groups in total. The molecule has 8 aromatic rings. The van der Waals surface area contributed by atoms with Gasteiger partial charge in [-0.2, -0.15) is 0 Å². The monoisotopic (exact) mass is 902 g/mol. The Morgan fingerprint density at radius 1 is 0.271 bits per heavy atom. The van der Waals surface area contributed by atoms with Crippen LogP contribution in [-0.2, 0) is 20.4 Å². The van der Waals surface area contributed by atoms with Gasteiger partial charge in [0.15, 0.2) is 0 Å². The van der Waals surface area contributed by atoms with E-state index in [0.29, 0.717) is 0 Å². The second-order valence-electron chi connectivity index (χ2n) is 19.8. The van der Waals surface area contributed by atoms with Gasteiger partial charge in [-0.05, 0) is 96.6 Å². The van der Waals surface area contributed by atoms with Crippen LogP contribution in [-0.4, -0.2) is 20.6 Å². The maximum atomic E-state index is 2.42. The Labute approximate surface area is 371 Å². The summed E-state index contributed by atoms with van der Waals surface area (Å²) < 4.78 is 0. The quantitative estimate of drug-likeness (QED) is 0.122. The molecule has 0 aliphatic rings. The van der Waals surface area contributed by atoms with E-state index in [-0.39, 0.29) is 41.0 Å². The van der Waals surface area contributed by atoms with Gasteiger partial charge >= 0.3 is 0 Å². The van der Waals surface area contributed by atoms with Crippen molar-refractivity contribution in [1.82, 2.24) is 0 Å². The van der Waals surface area contributed by atoms with Crippen LogP contribution in [0.2, 0.25) is 0 Å². The fourth-order valence-electron chi connectivity index (χ4n) is 9.80. The molecular formula is C56H62P2Pd. The Hall–Kier alpha value is -3.68. The Balaban J connectivity index is 0.000000195. The average Bonchev–Trinajstić information content (AvgIpc) is 3.15.